The normalized spacial score (nSPS) is 15.2. The summed E-state index contributed by atoms with van der Waals surface area (Å²) < 4.78 is 5.73. The van der Waals surface area contributed by atoms with Crippen molar-refractivity contribution in [2.45, 2.75) is 13.3 Å². The summed E-state index contributed by atoms with van der Waals surface area (Å²) >= 11 is 12.4. The lowest BCUT2D eigenvalue weighted by Crippen LogP contribution is -2.07. The standard InChI is InChI=1S/C19H15Cl2NO3/c1-2-8-24-18-13(9-14(20)11-16(18)21)10-15-17(22-25-19(15)23)12-6-4-3-5-7-12/h3-7,9-11H,2,8H2,1H3/b15-10-. The molecule has 0 N–H and O–H groups in total. The van der Waals surface area contributed by atoms with Gasteiger partial charge < -0.3 is 9.57 Å². The lowest BCUT2D eigenvalue weighted by molar-refractivity contribution is -0.136. The molecule has 0 spiro atoms. The van der Waals surface area contributed by atoms with Crippen LogP contribution in [0.4, 0.5) is 0 Å². The Hall–Kier alpha value is -2.30. The highest BCUT2D eigenvalue weighted by Crippen LogP contribution is 2.35. The monoisotopic (exact) mass is 375 g/mol. The minimum absolute atomic E-state index is 0.325. The van der Waals surface area contributed by atoms with E-state index < -0.39 is 5.97 Å². The van der Waals surface area contributed by atoms with E-state index in [0.717, 1.165) is 12.0 Å². The van der Waals surface area contributed by atoms with Crippen LogP contribution in [0.2, 0.25) is 10.0 Å². The van der Waals surface area contributed by atoms with Gasteiger partial charge >= 0.3 is 5.97 Å². The summed E-state index contributed by atoms with van der Waals surface area (Å²) in [6.45, 7) is 2.50. The highest BCUT2D eigenvalue weighted by Gasteiger charge is 2.27. The highest BCUT2D eigenvalue weighted by atomic mass is 35.5. The van der Waals surface area contributed by atoms with E-state index in [2.05, 4.69) is 5.16 Å². The molecular weight excluding hydrogens is 361 g/mol. The van der Waals surface area contributed by atoms with Gasteiger partial charge in [-0.05, 0) is 24.6 Å². The molecule has 0 unspecified atom stereocenters. The van der Waals surface area contributed by atoms with Gasteiger partial charge in [-0.15, -0.1) is 0 Å². The van der Waals surface area contributed by atoms with Crippen LogP contribution in [0.3, 0.4) is 0 Å². The van der Waals surface area contributed by atoms with Crippen LogP contribution in [0.25, 0.3) is 6.08 Å². The van der Waals surface area contributed by atoms with Crippen LogP contribution in [0, 0.1) is 0 Å². The molecule has 0 aromatic heterocycles. The van der Waals surface area contributed by atoms with E-state index >= 15 is 0 Å². The van der Waals surface area contributed by atoms with Crippen molar-refractivity contribution >= 4 is 41.0 Å². The van der Waals surface area contributed by atoms with E-state index in [0.29, 0.717) is 39.2 Å². The number of nitrogens with zero attached hydrogens (tertiary/aromatic N) is 1. The third-order valence-corrected chi connectivity index (χ3v) is 4.03. The number of hydrogen-bond acceptors (Lipinski definition) is 4. The van der Waals surface area contributed by atoms with Gasteiger partial charge in [-0.2, -0.15) is 0 Å². The van der Waals surface area contributed by atoms with E-state index in [1.165, 1.54) is 0 Å². The molecule has 1 heterocycles. The van der Waals surface area contributed by atoms with E-state index in [1.807, 2.05) is 37.3 Å². The second-order valence-corrected chi connectivity index (χ2v) is 6.24. The van der Waals surface area contributed by atoms with Gasteiger partial charge in [0.05, 0.1) is 17.2 Å². The summed E-state index contributed by atoms with van der Waals surface area (Å²) in [4.78, 5) is 17.0. The van der Waals surface area contributed by atoms with Gasteiger partial charge in [0.15, 0.2) is 0 Å². The zero-order chi connectivity index (χ0) is 17.8. The van der Waals surface area contributed by atoms with Crippen molar-refractivity contribution in [2.24, 2.45) is 5.16 Å². The number of rotatable bonds is 5. The molecule has 0 fully saturated rings. The molecule has 0 aliphatic carbocycles. The van der Waals surface area contributed by atoms with Gasteiger partial charge in [0, 0.05) is 16.1 Å². The van der Waals surface area contributed by atoms with Crippen LogP contribution in [0.1, 0.15) is 24.5 Å². The Morgan fingerprint density at radius 1 is 1.20 bits per heavy atom. The summed E-state index contributed by atoms with van der Waals surface area (Å²) in [6.07, 6.45) is 2.47. The molecule has 128 valence electrons. The number of oxime groups is 1. The molecule has 0 bridgehead atoms. The topological polar surface area (TPSA) is 47.9 Å². The van der Waals surface area contributed by atoms with Crippen LogP contribution in [-0.4, -0.2) is 18.3 Å². The summed E-state index contributed by atoms with van der Waals surface area (Å²) in [5.41, 5.74) is 2.17. The molecule has 0 saturated carbocycles. The molecule has 1 aliphatic rings. The number of carbonyl (C=O) groups excluding carboxylic acids is 1. The molecule has 3 rings (SSSR count). The molecule has 4 nitrogen and oxygen atoms in total. The largest absolute Gasteiger partial charge is 0.491 e. The molecule has 2 aromatic carbocycles. The first-order valence-corrected chi connectivity index (χ1v) is 8.54. The lowest BCUT2D eigenvalue weighted by atomic mass is 10.0. The smallest absolute Gasteiger partial charge is 0.368 e. The van der Waals surface area contributed by atoms with Crippen LogP contribution in [-0.2, 0) is 9.63 Å². The van der Waals surface area contributed by atoms with E-state index in [4.69, 9.17) is 32.8 Å². The zero-order valence-corrected chi connectivity index (χ0v) is 15.0. The maximum Gasteiger partial charge on any atom is 0.368 e. The van der Waals surface area contributed by atoms with Gasteiger partial charge in [0.2, 0.25) is 0 Å². The van der Waals surface area contributed by atoms with Crippen molar-refractivity contribution in [3.05, 3.63) is 69.2 Å². The maximum atomic E-state index is 12.1. The van der Waals surface area contributed by atoms with Gasteiger partial charge in [-0.1, -0.05) is 65.6 Å². The molecule has 0 saturated heterocycles. The minimum Gasteiger partial charge on any atom is -0.491 e. The SMILES string of the molecule is CCCOc1c(Cl)cc(Cl)cc1/C=C1\C(=O)ON=C1c1ccccc1. The van der Waals surface area contributed by atoms with Crippen LogP contribution in [0.15, 0.2) is 53.2 Å². The van der Waals surface area contributed by atoms with Crippen LogP contribution in [0.5, 0.6) is 5.75 Å². The molecule has 0 atom stereocenters. The Bertz CT molecular complexity index is 860. The second-order valence-electron chi connectivity index (χ2n) is 5.40. The van der Waals surface area contributed by atoms with Crippen LogP contribution >= 0.6 is 23.2 Å². The number of hydrogen-bond donors (Lipinski definition) is 0. The Morgan fingerprint density at radius 3 is 2.68 bits per heavy atom. The van der Waals surface area contributed by atoms with Crippen molar-refractivity contribution in [2.75, 3.05) is 6.61 Å². The van der Waals surface area contributed by atoms with Gasteiger partial charge in [0.25, 0.3) is 0 Å². The maximum absolute atomic E-state index is 12.1. The fourth-order valence-electron chi connectivity index (χ4n) is 2.41. The minimum atomic E-state index is -0.531. The Labute approximate surface area is 155 Å². The fraction of sp³-hybridized carbons (Fsp3) is 0.158. The molecule has 6 heteroatoms. The lowest BCUT2D eigenvalue weighted by Gasteiger charge is -2.11. The predicted octanol–water partition coefficient (Wildman–Crippen LogP) is 5.13. The number of carbonyl (C=O) groups is 1. The Morgan fingerprint density at radius 2 is 1.96 bits per heavy atom. The number of benzene rings is 2. The molecule has 0 radical (unpaired) electrons. The quantitative estimate of drug-likeness (QED) is 0.537. The van der Waals surface area contributed by atoms with Crippen LogP contribution < -0.4 is 4.74 Å². The van der Waals surface area contributed by atoms with Crippen molar-refractivity contribution in [3.63, 3.8) is 0 Å². The Balaban J connectivity index is 2.07. The first-order chi connectivity index (χ1) is 12.1. The predicted molar refractivity (Wildman–Crippen MR) is 99.3 cm³/mol. The van der Waals surface area contributed by atoms with Crippen molar-refractivity contribution < 1.29 is 14.4 Å². The third-order valence-electron chi connectivity index (χ3n) is 3.53. The van der Waals surface area contributed by atoms with Crippen molar-refractivity contribution in [3.8, 4) is 5.75 Å². The number of ether oxygens (including phenoxy) is 1. The average Bonchev–Trinajstić information content (AvgIpc) is 2.96. The summed E-state index contributed by atoms with van der Waals surface area (Å²) in [5.74, 6) is -0.0519. The second kappa shape index (κ2) is 7.72. The average molecular weight is 376 g/mol. The molecule has 25 heavy (non-hydrogen) atoms. The summed E-state index contributed by atoms with van der Waals surface area (Å²) in [6, 6.07) is 12.6. The molecular formula is C19H15Cl2NO3. The molecule has 1 aliphatic heterocycles. The van der Waals surface area contributed by atoms with E-state index in [9.17, 15) is 4.79 Å². The number of halogens is 2. The zero-order valence-electron chi connectivity index (χ0n) is 13.5. The Kier molecular flexibility index (Phi) is 5.41. The van der Waals surface area contributed by atoms with Crippen molar-refractivity contribution in [1.29, 1.82) is 0 Å². The summed E-state index contributed by atoms with van der Waals surface area (Å²) in [7, 11) is 0. The summed E-state index contributed by atoms with van der Waals surface area (Å²) in [5, 5.41) is 4.73. The van der Waals surface area contributed by atoms with Crippen molar-refractivity contribution in [1.82, 2.24) is 0 Å². The van der Waals surface area contributed by atoms with E-state index in [-0.39, 0.29) is 0 Å². The van der Waals surface area contributed by atoms with Gasteiger partial charge in [0.1, 0.15) is 11.5 Å². The van der Waals surface area contributed by atoms with Gasteiger partial charge in [-0.3, -0.25) is 0 Å². The first-order valence-electron chi connectivity index (χ1n) is 7.79. The third kappa shape index (κ3) is 3.86. The van der Waals surface area contributed by atoms with E-state index in [1.54, 1.807) is 18.2 Å². The molecule has 2 aromatic rings. The molecule has 0 amide bonds. The van der Waals surface area contributed by atoms with Gasteiger partial charge in [-0.25, -0.2) is 4.79 Å². The first kappa shape index (κ1) is 17.5. The highest BCUT2D eigenvalue weighted by molar-refractivity contribution is 6.36. The fourth-order valence-corrected chi connectivity index (χ4v) is 2.98.